The smallest absolute Gasteiger partial charge is 0.194 e. The van der Waals surface area contributed by atoms with E-state index in [1.165, 1.54) is 31.4 Å². The highest BCUT2D eigenvalue weighted by molar-refractivity contribution is 5.89. The van der Waals surface area contributed by atoms with Gasteiger partial charge in [0.1, 0.15) is 11.6 Å². The van der Waals surface area contributed by atoms with Gasteiger partial charge in [0.25, 0.3) is 0 Å². The van der Waals surface area contributed by atoms with E-state index in [1.54, 1.807) is 18.2 Å². The first-order valence-electron chi connectivity index (χ1n) is 11.0. The van der Waals surface area contributed by atoms with Crippen molar-refractivity contribution in [3.63, 3.8) is 0 Å². The Kier molecular flexibility index (Phi) is 6.77. The largest absolute Gasteiger partial charge is 0.206 e. The van der Waals surface area contributed by atoms with Crippen molar-refractivity contribution in [2.75, 3.05) is 0 Å². The van der Waals surface area contributed by atoms with Gasteiger partial charge in [0.05, 0.1) is 0 Å². The standard InChI is InChI=1S/C28H23F5/c1-2-3-4-5-6-17-7-10-22-18(13-17)9-12-23(27(22)32)19-8-11-21(24(29)14-19)20-15-25(30)28(33)26(31)16-20/h7-16H,2-6H2,1H3. The molecule has 0 unspecified atom stereocenters. The van der Waals surface area contributed by atoms with Gasteiger partial charge in [0, 0.05) is 16.5 Å². The van der Waals surface area contributed by atoms with E-state index < -0.39 is 29.1 Å². The lowest BCUT2D eigenvalue weighted by Gasteiger charge is -2.11. The topological polar surface area (TPSA) is 0 Å². The first-order valence-corrected chi connectivity index (χ1v) is 11.0. The van der Waals surface area contributed by atoms with Crippen molar-refractivity contribution >= 4 is 10.8 Å². The number of unbranched alkanes of at least 4 members (excludes halogenated alkanes) is 3. The molecule has 33 heavy (non-hydrogen) atoms. The first-order chi connectivity index (χ1) is 15.9. The summed E-state index contributed by atoms with van der Waals surface area (Å²) >= 11 is 0. The van der Waals surface area contributed by atoms with Crippen LogP contribution in [0.4, 0.5) is 22.0 Å². The van der Waals surface area contributed by atoms with E-state index in [-0.39, 0.29) is 16.7 Å². The molecule has 0 fully saturated rings. The summed E-state index contributed by atoms with van der Waals surface area (Å²) in [6, 6.07) is 14.4. The van der Waals surface area contributed by atoms with Gasteiger partial charge in [-0.2, -0.15) is 0 Å². The van der Waals surface area contributed by atoms with Crippen LogP contribution in [0.2, 0.25) is 0 Å². The molecule has 0 heterocycles. The molecular weight excluding hydrogens is 431 g/mol. The second-order valence-electron chi connectivity index (χ2n) is 8.24. The van der Waals surface area contributed by atoms with Gasteiger partial charge in [-0.25, -0.2) is 22.0 Å². The SMILES string of the molecule is CCCCCCc1ccc2c(F)c(-c3ccc(-c4cc(F)c(F)c(F)c4)c(F)c3)ccc2c1. The van der Waals surface area contributed by atoms with Crippen LogP contribution < -0.4 is 0 Å². The Morgan fingerprint density at radius 2 is 1.27 bits per heavy atom. The minimum atomic E-state index is -1.61. The van der Waals surface area contributed by atoms with Crippen LogP contribution in [-0.4, -0.2) is 0 Å². The Labute approximate surface area is 189 Å². The van der Waals surface area contributed by atoms with Crippen LogP contribution in [0.1, 0.15) is 38.2 Å². The molecule has 4 aromatic rings. The third-order valence-corrected chi connectivity index (χ3v) is 5.91. The molecule has 0 bridgehead atoms. The second kappa shape index (κ2) is 9.74. The van der Waals surface area contributed by atoms with Crippen LogP contribution in [0.15, 0.2) is 60.7 Å². The minimum absolute atomic E-state index is 0.106. The van der Waals surface area contributed by atoms with E-state index in [2.05, 4.69) is 6.92 Å². The van der Waals surface area contributed by atoms with Gasteiger partial charge >= 0.3 is 0 Å². The highest BCUT2D eigenvalue weighted by Gasteiger charge is 2.16. The molecule has 170 valence electrons. The van der Waals surface area contributed by atoms with Gasteiger partial charge in [-0.3, -0.25) is 0 Å². The molecule has 0 N–H and O–H groups in total. The molecule has 0 saturated carbocycles. The van der Waals surface area contributed by atoms with Crippen molar-refractivity contribution in [3.05, 3.63) is 95.3 Å². The van der Waals surface area contributed by atoms with E-state index in [1.807, 2.05) is 12.1 Å². The summed E-state index contributed by atoms with van der Waals surface area (Å²) in [5, 5.41) is 1.22. The molecule has 0 saturated heterocycles. The predicted molar refractivity (Wildman–Crippen MR) is 122 cm³/mol. The fraction of sp³-hybridized carbons (Fsp3) is 0.214. The van der Waals surface area contributed by atoms with Gasteiger partial charge in [0.15, 0.2) is 17.5 Å². The van der Waals surface area contributed by atoms with Gasteiger partial charge < -0.3 is 0 Å². The van der Waals surface area contributed by atoms with Crippen LogP contribution >= 0.6 is 0 Å². The minimum Gasteiger partial charge on any atom is -0.206 e. The molecule has 0 aliphatic carbocycles. The molecule has 0 amide bonds. The van der Waals surface area contributed by atoms with Crippen molar-refractivity contribution in [3.8, 4) is 22.3 Å². The van der Waals surface area contributed by atoms with E-state index >= 15 is 4.39 Å². The normalized spacial score (nSPS) is 11.3. The summed E-state index contributed by atoms with van der Waals surface area (Å²) in [5.41, 5.74) is 1.42. The van der Waals surface area contributed by atoms with E-state index in [0.717, 1.165) is 42.0 Å². The fourth-order valence-corrected chi connectivity index (χ4v) is 4.10. The van der Waals surface area contributed by atoms with Crippen LogP contribution in [0.25, 0.3) is 33.0 Å². The number of rotatable bonds is 7. The van der Waals surface area contributed by atoms with Crippen molar-refractivity contribution in [1.29, 1.82) is 0 Å². The number of halogens is 5. The number of fused-ring (bicyclic) bond motifs is 1. The maximum absolute atomic E-state index is 15.3. The lowest BCUT2D eigenvalue weighted by Crippen LogP contribution is -1.94. The van der Waals surface area contributed by atoms with Crippen LogP contribution in [0, 0.1) is 29.1 Å². The van der Waals surface area contributed by atoms with Crippen molar-refractivity contribution < 1.29 is 22.0 Å². The maximum atomic E-state index is 15.3. The molecule has 0 radical (unpaired) electrons. The summed E-state index contributed by atoms with van der Waals surface area (Å²) in [6.07, 6.45) is 5.57. The lowest BCUT2D eigenvalue weighted by atomic mass is 9.95. The van der Waals surface area contributed by atoms with Gasteiger partial charge in [-0.1, -0.05) is 68.7 Å². The van der Waals surface area contributed by atoms with Crippen LogP contribution in [-0.2, 0) is 6.42 Å². The Morgan fingerprint density at radius 1 is 0.576 bits per heavy atom. The number of hydrogen-bond donors (Lipinski definition) is 0. The second-order valence-corrected chi connectivity index (χ2v) is 8.24. The average molecular weight is 454 g/mol. The molecule has 5 heteroatoms. The maximum Gasteiger partial charge on any atom is 0.194 e. The summed E-state index contributed by atoms with van der Waals surface area (Å²) in [4.78, 5) is 0. The van der Waals surface area contributed by atoms with E-state index in [4.69, 9.17) is 0 Å². The molecule has 0 atom stereocenters. The van der Waals surface area contributed by atoms with Crippen molar-refractivity contribution in [2.24, 2.45) is 0 Å². The van der Waals surface area contributed by atoms with Gasteiger partial charge in [-0.15, -0.1) is 0 Å². The number of hydrogen-bond acceptors (Lipinski definition) is 0. The summed E-state index contributed by atoms with van der Waals surface area (Å²) in [7, 11) is 0. The zero-order valence-corrected chi connectivity index (χ0v) is 18.2. The third-order valence-electron chi connectivity index (χ3n) is 5.91. The average Bonchev–Trinajstić information content (AvgIpc) is 2.80. The lowest BCUT2D eigenvalue weighted by molar-refractivity contribution is 0.447. The van der Waals surface area contributed by atoms with Gasteiger partial charge in [0.2, 0.25) is 0 Å². The van der Waals surface area contributed by atoms with Crippen LogP contribution in [0.3, 0.4) is 0 Å². The van der Waals surface area contributed by atoms with Crippen LogP contribution in [0.5, 0.6) is 0 Å². The zero-order chi connectivity index (χ0) is 23.5. The Morgan fingerprint density at radius 3 is 1.97 bits per heavy atom. The summed E-state index contributed by atoms with van der Waals surface area (Å²) < 4.78 is 70.4. The molecule has 0 aliphatic heterocycles. The molecule has 0 nitrogen and oxygen atoms in total. The quantitative estimate of drug-likeness (QED) is 0.148. The first kappa shape index (κ1) is 23.0. The zero-order valence-electron chi connectivity index (χ0n) is 18.2. The number of benzene rings is 4. The molecular formula is C28H23F5. The molecule has 4 aromatic carbocycles. The molecule has 4 rings (SSSR count). The highest BCUT2D eigenvalue weighted by Crippen LogP contribution is 2.33. The Hall–Kier alpha value is -3.21. The van der Waals surface area contributed by atoms with Gasteiger partial charge in [-0.05, 0) is 53.1 Å². The summed E-state index contributed by atoms with van der Waals surface area (Å²) in [6.45, 7) is 2.16. The van der Waals surface area contributed by atoms with Crippen molar-refractivity contribution in [1.82, 2.24) is 0 Å². The van der Waals surface area contributed by atoms with E-state index in [0.29, 0.717) is 10.9 Å². The molecule has 0 aromatic heterocycles. The number of aryl methyl sites for hydroxylation is 1. The highest BCUT2D eigenvalue weighted by atomic mass is 19.2. The Balaban J connectivity index is 1.65. The Bertz CT molecular complexity index is 1290. The summed E-state index contributed by atoms with van der Waals surface area (Å²) in [5.74, 6) is -5.67. The molecule has 0 aliphatic rings. The fourth-order valence-electron chi connectivity index (χ4n) is 4.10. The van der Waals surface area contributed by atoms with Crippen molar-refractivity contribution in [2.45, 2.75) is 39.0 Å². The predicted octanol–water partition coefficient (Wildman–Crippen LogP) is 8.99. The monoisotopic (exact) mass is 454 g/mol. The third kappa shape index (κ3) is 4.77. The molecule has 0 spiro atoms. The van der Waals surface area contributed by atoms with E-state index in [9.17, 15) is 17.6 Å².